The second kappa shape index (κ2) is 5.57. The van der Waals surface area contributed by atoms with Crippen molar-refractivity contribution in [1.29, 1.82) is 0 Å². The summed E-state index contributed by atoms with van der Waals surface area (Å²) in [7, 11) is 0. The van der Waals surface area contributed by atoms with Crippen LogP contribution in [0.3, 0.4) is 0 Å². The molecule has 0 unspecified atom stereocenters. The zero-order chi connectivity index (χ0) is 17.8. The molecule has 4 heteroatoms. The van der Waals surface area contributed by atoms with Crippen LogP contribution in [-0.2, 0) is 0 Å². The van der Waals surface area contributed by atoms with Crippen LogP contribution in [0.5, 0.6) is 23.0 Å². The Labute approximate surface area is 153 Å². The van der Waals surface area contributed by atoms with Crippen molar-refractivity contribution in [3.63, 3.8) is 0 Å². The first-order chi connectivity index (χ1) is 12.5. The molecule has 4 aliphatic carbocycles. The van der Waals surface area contributed by atoms with Crippen LogP contribution in [-0.4, -0.2) is 21.4 Å². The lowest BCUT2D eigenvalue weighted by Gasteiger charge is -2.60. The van der Waals surface area contributed by atoms with Crippen molar-refractivity contribution >= 4 is 0 Å². The van der Waals surface area contributed by atoms with Crippen LogP contribution in [0.2, 0.25) is 0 Å². The summed E-state index contributed by atoms with van der Waals surface area (Å²) in [6.45, 7) is 0. The Bertz CT molecular complexity index is 751. The molecule has 0 saturated heterocycles. The Kier molecular flexibility index (Phi) is 3.40. The normalized spacial score (nSPS) is 34.6. The summed E-state index contributed by atoms with van der Waals surface area (Å²) in [5, 5.41) is 19.5. The summed E-state index contributed by atoms with van der Waals surface area (Å²) in [4.78, 5) is 0. The first-order valence-corrected chi connectivity index (χ1v) is 9.48. The minimum Gasteiger partial charge on any atom is -0.508 e. The Morgan fingerprint density at radius 3 is 1.62 bits per heavy atom. The van der Waals surface area contributed by atoms with Crippen molar-refractivity contribution in [2.24, 2.45) is 11.8 Å². The van der Waals surface area contributed by atoms with Gasteiger partial charge in [-0.3, -0.25) is 0 Å². The van der Waals surface area contributed by atoms with E-state index in [1.54, 1.807) is 24.3 Å². The maximum atomic E-state index is 9.77. The Morgan fingerprint density at radius 1 is 0.731 bits per heavy atom. The molecule has 0 radical (unpaired) electrons. The Morgan fingerprint density at radius 2 is 1.19 bits per heavy atom. The summed E-state index contributed by atoms with van der Waals surface area (Å²) in [5.41, 5.74) is -0.427. The molecule has 2 aromatic rings. The third-order valence-electron chi connectivity index (χ3n) is 6.26. The van der Waals surface area contributed by atoms with Gasteiger partial charge in [0.15, 0.2) is 0 Å². The third-order valence-corrected chi connectivity index (χ3v) is 6.26. The van der Waals surface area contributed by atoms with E-state index >= 15 is 0 Å². The quantitative estimate of drug-likeness (QED) is 0.841. The monoisotopic (exact) mass is 352 g/mol. The van der Waals surface area contributed by atoms with Gasteiger partial charge >= 0.3 is 0 Å². The Hall–Kier alpha value is -2.36. The highest BCUT2D eigenvalue weighted by molar-refractivity contribution is 5.34. The maximum absolute atomic E-state index is 9.77. The lowest BCUT2D eigenvalue weighted by molar-refractivity contribution is -0.177. The topological polar surface area (TPSA) is 58.9 Å². The molecule has 0 atom stereocenters. The molecule has 0 heterocycles. The van der Waals surface area contributed by atoms with Gasteiger partial charge in [0, 0.05) is 18.6 Å². The van der Waals surface area contributed by atoms with Crippen molar-refractivity contribution in [3.8, 4) is 23.0 Å². The summed E-state index contributed by atoms with van der Waals surface area (Å²) in [6, 6.07) is 14.2. The fourth-order valence-corrected chi connectivity index (χ4v) is 5.93. The molecule has 0 spiro atoms. The number of phenols is 2. The molecule has 0 amide bonds. The van der Waals surface area contributed by atoms with E-state index in [0.717, 1.165) is 43.6 Å². The van der Waals surface area contributed by atoms with Gasteiger partial charge in [-0.05, 0) is 68.2 Å². The fourth-order valence-electron chi connectivity index (χ4n) is 5.93. The van der Waals surface area contributed by atoms with Crippen molar-refractivity contribution in [1.82, 2.24) is 0 Å². The highest BCUT2D eigenvalue weighted by atomic mass is 16.5. The average Bonchev–Trinajstić information content (AvgIpc) is 2.52. The summed E-state index contributed by atoms with van der Waals surface area (Å²) in [5.74, 6) is 3.17. The number of benzene rings is 2. The number of phenolic OH excluding ortho intramolecular Hbond substituents is 2. The van der Waals surface area contributed by atoms with Gasteiger partial charge in [0.25, 0.3) is 0 Å². The molecule has 4 bridgehead atoms. The maximum Gasteiger partial charge on any atom is 0.123 e. The predicted molar refractivity (Wildman–Crippen MR) is 97.6 cm³/mol. The number of hydrogen-bond donors (Lipinski definition) is 2. The molecule has 4 aliphatic rings. The second-order valence-electron chi connectivity index (χ2n) is 8.53. The van der Waals surface area contributed by atoms with Gasteiger partial charge in [-0.15, -0.1) is 0 Å². The van der Waals surface area contributed by atoms with E-state index in [-0.39, 0.29) is 22.7 Å². The molecule has 4 fully saturated rings. The highest BCUT2D eigenvalue weighted by Gasteiger charge is 2.60. The predicted octanol–water partition coefficient (Wildman–Crippen LogP) is 4.65. The van der Waals surface area contributed by atoms with E-state index in [0.29, 0.717) is 11.8 Å². The number of aromatic hydroxyl groups is 2. The van der Waals surface area contributed by atoms with Gasteiger partial charge < -0.3 is 19.7 Å². The zero-order valence-corrected chi connectivity index (χ0v) is 14.7. The van der Waals surface area contributed by atoms with Gasteiger partial charge in [0.05, 0.1) is 0 Å². The Balaban J connectivity index is 1.44. The van der Waals surface area contributed by atoms with Crippen molar-refractivity contribution < 1.29 is 19.7 Å². The molecule has 0 aliphatic heterocycles. The van der Waals surface area contributed by atoms with Crippen molar-refractivity contribution in [2.45, 2.75) is 49.7 Å². The number of rotatable bonds is 4. The second-order valence-corrected chi connectivity index (χ2v) is 8.53. The standard InChI is InChI=1S/C22H24O4/c23-17-3-1-5-19(8-17)25-21-10-15-7-16(11-21)13-22(12-15,14-21)26-20-6-2-4-18(24)9-20/h1-6,8-9,15-16,23-24H,7,10-14H2. The van der Waals surface area contributed by atoms with E-state index in [9.17, 15) is 10.2 Å². The molecule has 4 saturated carbocycles. The largest absolute Gasteiger partial charge is 0.508 e. The SMILES string of the molecule is Oc1cccc(OC23CC4CC(C2)CC(Oc2cccc(O)c2)(C4)C3)c1. The van der Waals surface area contributed by atoms with Crippen LogP contribution < -0.4 is 9.47 Å². The van der Waals surface area contributed by atoms with Gasteiger partial charge in [0.2, 0.25) is 0 Å². The van der Waals surface area contributed by atoms with Gasteiger partial charge in [-0.25, -0.2) is 0 Å². The first kappa shape index (κ1) is 15.9. The zero-order valence-electron chi connectivity index (χ0n) is 14.7. The minimum atomic E-state index is -0.214. The molecule has 6 rings (SSSR count). The third kappa shape index (κ3) is 2.77. The highest BCUT2D eigenvalue weighted by Crippen LogP contribution is 2.60. The van der Waals surface area contributed by atoms with E-state index < -0.39 is 0 Å². The van der Waals surface area contributed by atoms with Crippen LogP contribution in [0.4, 0.5) is 0 Å². The summed E-state index contributed by atoms with van der Waals surface area (Å²) in [6.07, 6.45) is 6.36. The van der Waals surface area contributed by atoms with Crippen molar-refractivity contribution in [2.75, 3.05) is 0 Å². The first-order valence-electron chi connectivity index (χ1n) is 9.48. The molecule has 136 valence electrons. The summed E-state index contributed by atoms with van der Waals surface area (Å²) >= 11 is 0. The van der Waals surface area contributed by atoms with Crippen LogP contribution in [0.25, 0.3) is 0 Å². The van der Waals surface area contributed by atoms with Gasteiger partial charge in [-0.1, -0.05) is 12.1 Å². The van der Waals surface area contributed by atoms with Gasteiger partial charge in [0.1, 0.15) is 34.2 Å². The van der Waals surface area contributed by atoms with E-state index in [1.165, 1.54) is 6.42 Å². The molecule has 2 N–H and O–H groups in total. The molecular formula is C22H24O4. The minimum absolute atomic E-state index is 0.214. The van der Waals surface area contributed by atoms with Crippen LogP contribution in [0.1, 0.15) is 38.5 Å². The van der Waals surface area contributed by atoms with E-state index in [1.807, 2.05) is 24.3 Å². The lowest BCUT2D eigenvalue weighted by atomic mass is 9.52. The molecule has 26 heavy (non-hydrogen) atoms. The van der Waals surface area contributed by atoms with Gasteiger partial charge in [-0.2, -0.15) is 0 Å². The van der Waals surface area contributed by atoms with Crippen LogP contribution in [0.15, 0.2) is 48.5 Å². The fraction of sp³-hybridized carbons (Fsp3) is 0.455. The number of hydrogen-bond acceptors (Lipinski definition) is 4. The smallest absolute Gasteiger partial charge is 0.123 e. The van der Waals surface area contributed by atoms with E-state index in [2.05, 4.69) is 0 Å². The number of ether oxygens (including phenoxy) is 2. The van der Waals surface area contributed by atoms with E-state index in [4.69, 9.17) is 9.47 Å². The van der Waals surface area contributed by atoms with Crippen LogP contribution >= 0.6 is 0 Å². The lowest BCUT2D eigenvalue weighted by Crippen LogP contribution is -2.63. The molecule has 2 aromatic carbocycles. The molecular weight excluding hydrogens is 328 g/mol. The molecule has 0 aromatic heterocycles. The average molecular weight is 352 g/mol. The molecule has 4 nitrogen and oxygen atoms in total. The van der Waals surface area contributed by atoms with Crippen molar-refractivity contribution in [3.05, 3.63) is 48.5 Å². The summed E-state index contributed by atoms with van der Waals surface area (Å²) < 4.78 is 13.0. The van der Waals surface area contributed by atoms with Crippen LogP contribution in [0, 0.1) is 11.8 Å².